The lowest BCUT2D eigenvalue weighted by molar-refractivity contribution is 0.424. The van der Waals surface area contributed by atoms with Gasteiger partial charge in [0.25, 0.3) is 0 Å². The van der Waals surface area contributed by atoms with Gasteiger partial charge in [-0.05, 0) is 53.8 Å². The van der Waals surface area contributed by atoms with Gasteiger partial charge in [0, 0.05) is 16.1 Å². The molecule has 106 valence electrons. The molecule has 0 amide bonds. The Morgan fingerprint density at radius 3 is 2.90 bits per heavy atom. The van der Waals surface area contributed by atoms with Gasteiger partial charge in [-0.1, -0.05) is 40.2 Å². The van der Waals surface area contributed by atoms with Crippen LogP contribution in [0.15, 0.2) is 59.1 Å². The summed E-state index contributed by atoms with van der Waals surface area (Å²) in [4.78, 5) is 0. The lowest BCUT2D eigenvalue weighted by atomic mass is 9.77. The van der Waals surface area contributed by atoms with Crippen molar-refractivity contribution in [3.8, 4) is 0 Å². The molecule has 0 radical (unpaired) electrons. The van der Waals surface area contributed by atoms with Crippen LogP contribution in [-0.4, -0.2) is 0 Å². The van der Waals surface area contributed by atoms with Crippen molar-refractivity contribution >= 4 is 21.6 Å². The molecule has 3 heteroatoms. The lowest BCUT2D eigenvalue weighted by Crippen LogP contribution is -2.29. The highest BCUT2D eigenvalue weighted by Crippen LogP contribution is 2.50. The van der Waals surface area contributed by atoms with Crippen molar-refractivity contribution in [2.75, 3.05) is 5.32 Å². The maximum Gasteiger partial charge on any atom is 0.123 e. The average molecular weight is 344 g/mol. The molecule has 2 aromatic rings. The molecule has 0 saturated carbocycles. The minimum absolute atomic E-state index is 0.161. The third-order valence-corrected chi connectivity index (χ3v) is 5.03. The Hall–Kier alpha value is -1.61. The Labute approximate surface area is 132 Å². The van der Waals surface area contributed by atoms with Gasteiger partial charge in [-0.2, -0.15) is 0 Å². The summed E-state index contributed by atoms with van der Waals surface area (Å²) in [6, 6.07) is 13.5. The molecular formula is C18H15BrFN. The highest BCUT2D eigenvalue weighted by molar-refractivity contribution is 9.10. The van der Waals surface area contributed by atoms with E-state index >= 15 is 0 Å². The van der Waals surface area contributed by atoms with Crippen molar-refractivity contribution in [1.82, 2.24) is 0 Å². The van der Waals surface area contributed by atoms with Crippen LogP contribution in [0, 0.1) is 11.7 Å². The maximum absolute atomic E-state index is 13.6. The Balaban J connectivity index is 1.80. The number of hydrogen-bond donors (Lipinski definition) is 1. The zero-order chi connectivity index (χ0) is 14.4. The number of rotatable bonds is 1. The van der Waals surface area contributed by atoms with Crippen molar-refractivity contribution in [2.45, 2.75) is 18.4 Å². The molecule has 0 spiro atoms. The molecule has 0 fully saturated rings. The van der Waals surface area contributed by atoms with Crippen LogP contribution in [0.2, 0.25) is 0 Å². The zero-order valence-electron chi connectivity index (χ0n) is 11.4. The first-order chi connectivity index (χ1) is 10.2. The second kappa shape index (κ2) is 4.99. The number of anilines is 1. The first-order valence-corrected chi connectivity index (χ1v) is 8.00. The molecule has 2 aromatic carbocycles. The molecule has 0 saturated heterocycles. The molecule has 1 aliphatic heterocycles. The van der Waals surface area contributed by atoms with E-state index in [-0.39, 0.29) is 11.9 Å². The van der Waals surface area contributed by atoms with Crippen LogP contribution in [-0.2, 0) is 0 Å². The van der Waals surface area contributed by atoms with E-state index in [0.717, 1.165) is 22.1 Å². The van der Waals surface area contributed by atoms with E-state index in [9.17, 15) is 4.39 Å². The molecule has 1 nitrogen and oxygen atoms in total. The van der Waals surface area contributed by atoms with Gasteiger partial charge in [-0.15, -0.1) is 0 Å². The van der Waals surface area contributed by atoms with Crippen LogP contribution in [0.5, 0.6) is 0 Å². The van der Waals surface area contributed by atoms with Crippen molar-refractivity contribution in [3.05, 3.63) is 76.0 Å². The fourth-order valence-corrected chi connectivity index (χ4v) is 3.97. The van der Waals surface area contributed by atoms with Crippen molar-refractivity contribution in [2.24, 2.45) is 5.92 Å². The summed E-state index contributed by atoms with van der Waals surface area (Å²) in [5, 5.41) is 3.61. The van der Waals surface area contributed by atoms with Gasteiger partial charge in [0.15, 0.2) is 0 Å². The third kappa shape index (κ3) is 2.20. The largest absolute Gasteiger partial charge is 0.378 e. The van der Waals surface area contributed by atoms with Crippen LogP contribution in [0.1, 0.15) is 29.5 Å². The van der Waals surface area contributed by atoms with Gasteiger partial charge in [-0.3, -0.25) is 0 Å². The van der Waals surface area contributed by atoms with E-state index in [4.69, 9.17) is 0 Å². The van der Waals surface area contributed by atoms with Crippen LogP contribution >= 0.6 is 15.9 Å². The molecular weight excluding hydrogens is 329 g/mol. The molecule has 0 unspecified atom stereocenters. The normalized spacial score (nSPS) is 26.1. The van der Waals surface area contributed by atoms with Crippen molar-refractivity contribution in [1.29, 1.82) is 0 Å². The van der Waals surface area contributed by atoms with E-state index < -0.39 is 0 Å². The highest BCUT2D eigenvalue weighted by atomic mass is 79.9. The van der Waals surface area contributed by atoms with E-state index in [2.05, 4.69) is 45.5 Å². The smallest absolute Gasteiger partial charge is 0.123 e. The van der Waals surface area contributed by atoms with Gasteiger partial charge in [-0.25, -0.2) is 4.39 Å². The molecule has 21 heavy (non-hydrogen) atoms. The second-order valence-electron chi connectivity index (χ2n) is 5.76. The van der Waals surface area contributed by atoms with E-state index in [1.165, 1.54) is 11.6 Å². The minimum atomic E-state index is -0.168. The molecule has 3 atom stereocenters. The van der Waals surface area contributed by atoms with E-state index in [0.29, 0.717) is 11.8 Å². The second-order valence-corrected chi connectivity index (χ2v) is 6.68. The lowest BCUT2D eigenvalue weighted by Gasteiger charge is -2.37. The monoisotopic (exact) mass is 343 g/mol. The van der Waals surface area contributed by atoms with Gasteiger partial charge in [0.1, 0.15) is 5.82 Å². The number of hydrogen-bond acceptors (Lipinski definition) is 1. The minimum Gasteiger partial charge on any atom is -0.378 e. The van der Waals surface area contributed by atoms with Crippen LogP contribution in [0.4, 0.5) is 10.1 Å². The number of benzene rings is 2. The molecule has 0 aromatic heterocycles. The molecule has 1 aliphatic carbocycles. The molecule has 4 rings (SSSR count). The summed E-state index contributed by atoms with van der Waals surface area (Å²) < 4.78 is 14.7. The topological polar surface area (TPSA) is 12.0 Å². The van der Waals surface area contributed by atoms with Crippen molar-refractivity contribution in [3.63, 3.8) is 0 Å². The highest BCUT2D eigenvalue weighted by Gasteiger charge is 2.37. The Bertz CT molecular complexity index is 725. The first-order valence-electron chi connectivity index (χ1n) is 7.20. The number of fused-ring (bicyclic) bond motifs is 3. The van der Waals surface area contributed by atoms with Gasteiger partial charge in [0.05, 0.1) is 6.04 Å². The van der Waals surface area contributed by atoms with Gasteiger partial charge >= 0.3 is 0 Å². The van der Waals surface area contributed by atoms with Crippen LogP contribution in [0.3, 0.4) is 0 Å². The van der Waals surface area contributed by atoms with Crippen LogP contribution < -0.4 is 5.32 Å². The Morgan fingerprint density at radius 1 is 1.14 bits per heavy atom. The van der Waals surface area contributed by atoms with Gasteiger partial charge < -0.3 is 5.32 Å². The summed E-state index contributed by atoms with van der Waals surface area (Å²) in [6.07, 6.45) is 5.58. The molecule has 2 aliphatic rings. The summed E-state index contributed by atoms with van der Waals surface area (Å²) in [7, 11) is 0. The van der Waals surface area contributed by atoms with E-state index in [1.807, 2.05) is 12.1 Å². The zero-order valence-corrected chi connectivity index (χ0v) is 13.0. The fraction of sp³-hybridized carbons (Fsp3) is 0.222. The quantitative estimate of drug-likeness (QED) is 0.682. The Kier molecular flexibility index (Phi) is 3.11. The summed E-state index contributed by atoms with van der Waals surface area (Å²) >= 11 is 3.56. The number of allylic oxidation sites excluding steroid dienone is 2. The first kappa shape index (κ1) is 13.1. The standard InChI is InChI=1S/C18H15BrFN/c19-12-7-8-17-16(10-12)14-5-2-6-15(14)18(21-17)11-3-1-4-13(20)9-11/h1-5,7-10,14-15,18,21H,6H2/t14-,15+,18+/m1/s1. The number of halogens is 2. The SMILES string of the molecule is Fc1cccc([C@@H]2Nc3ccc(Br)cc3[C@@H]3C=CC[C@@H]32)c1. The van der Waals surface area contributed by atoms with Crippen LogP contribution in [0.25, 0.3) is 0 Å². The Morgan fingerprint density at radius 2 is 2.05 bits per heavy atom. The van der Waals surface area contributed by atoms with E-state index in [1.54, 1.807) is 12.1 Å². The molecule has 1 N–H and O–H groups in total. The molecule has 0 bridgehead atoms. The molecule has 1 heterocycles. The third-order valence-electron chi connectivity index (χ3n) is 4.53. The maximum atomic E-state index is 13.6. The summed E-state index contributed by atoms with van der Waals surface area (Å²) in [5.41, 5.74) is 3.51. The average Bonchev–Trinajstić information content (AvgIpc) is 2.96. The number of nitrogens with one attached hydrogen (secondary N) is 1. The predicted molar refractivity (Wildman–Crippen MR) is 86.9 cm³/mol. The fourth-order valence-electron chi connectivity index (χ4n) is 3.60. The van der Waals surface area contributed by atoms with Crippen molar-refractivity contribution < 1.29 is 4.39 Å². The van der Waals surface area contributed by atoms with Gasteiger partial charge in [0.2, 0.25) is 0 Å². The summed E-state index contributed by atoms with van der Waals surface area (Å²) in [6.45, 7) is 0. The summed E-state index contributed by atoms with van der Waals surface area (Å²) in [5.74, 6) is 0.694. The predicted octanol–water partition coefficient (Wildman–Crippen LogP) is 5.41.